The number of hydrogen-bond acceptors (Lipinski definition) is 4. The Morgan fingerprint density at radius 1 is 1.00 bits per heavy atom. The number of aryl methyl sites for hydroxylation is 1. The van der Waals surface area contributed by atoms with Gasteiger partial charge in [0.1, 0.15) is 5.60 Å². The first kappa shape index (κ1) is 28.0. The summed E-state index contributed by atoms with van der Waals surface area (Å²) in [5.41, 5.74) is 4.05. The third-order valence-corrected chi connectivity index (χ3v) is 7.20. The van der Waals surface area contributed by atoms with E-state index in [1.54, 1.807) is 41.3 Å². The van der Waals surface area contributed by atoms with Crippen LogP contribution in [0.2, 0.25) is 10.0 Å². The number of rotatable bonds is 6. The molecule has 8 heteroatoms. The van der Waals surface area contributed by atoms with Crippen LogP contribution in [0, 0.1) is 0 Å². The molecule has 2 N–H and O–H groups in total. The van der Waals surface area contributed by atoms with E-state index in [0.717, 1.165) is 29.5 Å². The molecular formula is C30H31Cl2NO5. The van der Waals surface area contributed by atoms with Gasteiger partial charge in [-0.25, -0.2) is 9.59 Å². The maximum atomic E-state index is 13.3. The second-order valence-electron chi connectivity index (χ2n) is 10.6. The summed E-state index contributed by atoms with van der Waals surface area (Å²) in [4.78, 5) is 26.3. The van der Waals surface area contributed by atoms with E-state index in [2.05, 4.69) is 12.1 Å². The van der Waals surface area contributed by atoms with Gasteiger partial charge in [0.25, 0.3) is 0 Å². The van der Waals surface area contributed by atoms with Crippen molar-refractivity contribution in [2.45, 2.75) is 57.8 Å². The monoisotopic (exact) mass is 555 g/mol. The van der Waals surface area contributed by atoms with Crippen molar-refractivity contribution in [2.75, 3.05) is 6.54 Å². The molecule has 3 aromatic carbocycles. The Morgan fingerprint density at radius 3 is 2.29 bits per heavy atom. The number of aliphatic hydroxyl groups excluding tert-OH is 1. The lowest BCUT2D eigenvalue weighted by Gasteiger charge is -2.37. The molecule has 0 aromatic heterocycles. The molecule has 1 aliphatic carbocycles. The highest BCUT2D eigenvalue weighted by Crippen LogP contribution is 2.32. The number of aromatic carboxylic acids is 1. The summed E-state index contributed by atoms with van der Waals surface area (Å²) in [5.74, 6) is -1.07. The van der Waals surface area contributed by atoms with E-state index >= 15 is 0 Å². The van der Waals surface area contributed by atoms with Crippen LogP contribution in [0.3, 0.4) is 0 Å². The second-order valence-corrected chi connectivity index (χ2v) is 11.4. The summed E-state index contributed by atoms with van der Waals surface area (Å²) in [6.45, 7) is 5.55. The Labute approximate surface area is 232 Å². The van der Waals surface area contributed by atoms with E-state index in [9.17, 15) is 19.8 Å². The van der Waals surface area contributed by atoms with Crippen LogP contribution in [0.25, 0.3) is 11.1 Å². The molecule has 0 spiro atoms. The molecule has 6 nitrogen and oxygen atoms in total. The third-order valence-electron chi connectivity index (χ3n) is 6.63. The number of benzene rings is 3. The molecular weight excluding hydrogens is 525 g/mol. The standard InChI is InChI=1S/C30H31Cl2NO5/c1-30(2,3)38-29(37)33(17-27(34)19-6-10-23(31)11-7-19)24-12-8-18-4-5-20(14-22(18)15-24)21-9-13-25(28(35)36)26(32)16-21/h4-7,9-11,13-14,16,24,27,34H,8,12,15,17H2,1-3H3,(H,35,36). The van der Waals surface area contributed by atoms with Crippen LogP contribution in [-0.2, 0) is 17.6 Å². The number of carbonyl (C=O) groups is 2. The second kappa shape index (κ2) is 11.4. The van der Waals surface area contributed by atoms with Crippen LogP contribution in [0.1, 0.15) is 60.3 Å². The summed E-state index contributed by atoms with van der Waals surface area (Å²) in [7, 11) is 0. The van der Waals surface area contributed by atoms with Gasteiger partial charge in [-0.2, -0.15) is 0 Å². The van der Waals surface area contributed by atoms with Crippen LogP contribution in [-0.4, -0.2) is 45.4 Å². The molecule has 1 aliphatic rings. The molecule has 0 aliphatic heterocycles. The average Bonchev–Trinajstić information content (AvgIpc) is 2.85. The largest absolute Gasteiger partial charge is 0.478 e. The quantitative estimate of drug-likeness (QED) is 0.336. The zero-order valence-electron chi connectivity index (χ0n) is 21.6. The van der Waals surface area contributed by atoms with Crippen LogP contribution in [0.4, 0.5) is 4.79 Å². The van der Waals surface area contributed by atoms with Crippen molar-refractivity contribution in [2.24, 2.45) is 0 Å². The summed E-state index contributed by atoms with van der Waals surface area (Å²) in [5, 5.41) is 21.0. The Bertz CT molecular complexity index is 1330. The average molecular weight is 556 g/mol. The van der Waals surface area contributed by atoms with Crippen molar-refractivity contribution < 1.29 is 24.5 Å². The minimum absolute atomic E-state index is 0.0562. The highest BCUT2D eigenvalue weighted by molar-refractivity contribution is 6.33. The minimum atomic E-state index is -1.07. The fraction of sp³-hybridized carbons (Fsp3) is 0.333. The van der Waals surface area contributed by atoms with E-state index in [-0.39, 0.29) is 23.2 Å². The SMILES string of the molecule is CC(C)(C)OC(=O)N(CC(O)c1ccc(Cl)cc1)C1CCc2ccc(-c3ccc(C(=O)O)c(Cl)c3)cc2C1. The lowest BCUT2D eigenvalue weighted by Crippen LogP contribution is -2.47. The molecule has 3 aromatic rings. The summed E-state index contributed by atoms with van der Waals surface area (Å²) >= 11 is 12.2. The maximum Gasteiger partial charge on any atom is 0.410 e. The van der Waals surface area contributed by atoms with Crippen LogP contribution >= 0.6 is 23.2 Å². The van der Waals surface area contributed by atoms with Gasteiger partial charge in [-0.05, 0) is 92.1 Å². The molecule has 4 rings (SSSR count). The van der Waals surface area contributed by atoms with Crippen molar-refractivity contribution in [1.29, 1.82) is 0 Å². The van der Waals surface area contributed by atoms with Gasteiger partial charge < -0.3 is 19.8 Å². The molecule has 0 bridgehead atoms. The zero-order valence-corrected chi connectivity index (χ0v) is 23.1. The van der Waals surface area contributed by atoms with Gasteiger partial charge in [-0.15, -0.1) is 0 Å². The van der Waals surface area contributed by atoms with Crippen molar-refractivity contribution in [1.82, 2.24) is 4.90 Å². The van der Waals surface area contributed by atoms with E-state index < -0.39 is 23.8 Å². The predicted molar refractivity (Wildman–Crippen MR) is 149 cm³/mol. The highest BCUT2D eigenvalue weighted by atomic mass is 35.5. The van der Waals surface area contributed by atoms with Gasteiger partial charge in [0.05, 0.1) is 23.2 Å². The lowest BCUT2D eigenvalue weighted by molar-refractivity contribution is 0.00194. The number of hydrogen-bond donors (Lipinski definition) is 2. The zero-order chi connectivity index (χ0) is 27.6. The molecule has 0 saturated heterocycles. The van der Waals surface area contributed by atoms with E-state index in [1.165, 1.54) is 11.6 Å². The molecule has 2 atom stereocenters. The Balaban J connectivity index is 1.60. The first-order valence-corrected chi connectivity index (χ1v) is 13.2. The maximum absolute atomic E-state index is 13.3. The smallest absolute Gasteiger partial charge is 0.410 e. The molecule has 2 unspecified atom stereocenters. The fourth-order valence-corrected chi connectivity index (χ4v) is 5.11. The number of halogens is 2. The number of carboxylic acids is 1. The Morgan fingerprint density at radius 2 is 1.66 bits per heavy atom. The number of fused-ring (bicyclic) bond motifs is 1. The molecule has 38 heavy (non-hydrogen) atoms. The number of nitrogens with zero attached hydrogens (tertiary/aromatic N) is 1. The first-order chi connectivity index (χ1) is 17.9. The van der Waals surface area contributed by atoms with Gasteiger partial charge in [0, 0.05) is 11.1 Å². The van der Waals surface area contributed by atoms with E-state index in [0.29, 0.717) is 17.0 Å². The summed E-state index contributed by atoms with van der Waals surface area (Å²) in [6.07, 6.45) is 0.734. The van der Waals surface area contributed by atoms with E-state index in [4.69, 9.17) is 27.9 Å². The Kier molecular flexibility index (Phi) is 8.36. The van der Waals surface area contributed by atoms with Crippen molar-refractivity contribution in [3.05, 3.63) is 93.0 Å². The van der Waals surface area contributed by atoms with Crippen molar-refractivity contribution in [3.63, 3.8) is 0 Å². The van der Waals surface area contributed by atoms with Gasteiger partial charge in [0.2, 0.25) is 0 Å². The first-order valence-electron chi connectivity index (χ1n) is 12.5. The molecule has 0 saturated carbocycles. The lowest BCUT2D eigenvalue weighted by atomic mass is 9.85. The molecule has 0 fully saturated rings. The number of aliphatic hydroxyl groups is 1. The van der Waals surface area contributed by atoms with Crippen LogP contribution in [0.5, 0.6) is 0 Å². The van der Waals surface area contributed by atoms with Crippen molar-refractivity contribution >= 4 is 35.3 Å². The van der Waals surface area contributed by atoms with Gasteiger partial charge in [0.15, 0.2) is 0 Å². The highest BCUT2D eigenvalue weighted by Gasteiger charge is 2.33. The predicted octanol–water partition coefficient (Wildman–Crippen LogP) is 7.19. The van der Waals surface area contributed by atoms with Gasteiger partial charge in [-0.1, -0.05) is 59.6 Å². The van der Waals surface area contributed by atoms with Crippen LogP contribution < -0.4 is 0 Å². The number of carbonyl (C=O) groups excluding carboxylic acids is 1. The summed E-state index contributed by atoms with van der Waals surface area (Å²) in [6, 6.07) is 17.8. The Hall–Kier alpha value is -3.06. The molecule has 1 amide bonds. The molecule has 0 heterocycles. The normalized spacial score (nSPS) is 15.9. The number of amides is 1. The number of ether oxygens (including phenoxy) is 1. The molecule has 0 radical (unpaired) electrons. The third kappa shape index (κ3) is 6.68. The number of carboxylic acid groups (broad SMARTS) is 1. The van der Waals surface area contributed by atoms with Gasteiger partial charge in [-0.3, -0.25) is 0 Å². The van der Waals surface area contributed by atoms with Crippen molar-refractivity contribution in [3.8, 4) is 11.1 Å². The topological polar surface area (TPSA) is 87.1 Å². The van der Waals surface area contributed by atoms with E-state index in [1.807, 2.05) is 26.8 Å². The summed E-state index contributed by atoms with van der Waals surface area (Å²) < 4.78 is 5.73. The van der Waals surface area contributed by atoms with Crippen LogP contribution in [0.15, 0.2) is 60.7 Å². The molecule has 200 valence electrons. The van der Waals surface area contributed by atoms with Gasteiger partial charge >= 0.3 is 12.1 Å². The fourth-order valence-electron chi connectivity index (χ4n) is 4.72. The minimum Gasteiger partial charge on any atom is -0.478 e.